The molecule has 0 amide bonds. The molecule has 2 N–H and O–H groups in total. The fraction of sp³-hybridized carbons (Fsp3) is 0.481. The highest BCUT2D eigenvalue weighted by atomic mass is 19.1. The van der Waals surface area contributed by atoms with Crippen LogP contribution in [-0.2, 0) is 7.05 Å². The first-order chi connectivity index (χ1) is 17.3. The molecule has 3 atom stereocenters. The van der Waals surface area contributed by atoms with Gasteiger partial charge in [0.1, 0.15) is 5.75 Å². The van der Waals surface area contributed by atoms with Crippen molar-refractivity contribution in [2.24, 2.45) is 7.05 Å². The number of piperidine rings is 2. The summed E-state index contributed by atoms with van der Waals surface area (Å²) in [5, 5.41) is 23.5. The van der Waals surface area contributed by atoms with Gasteiger partial charge >= 0.3 is 0 Å². The average Bonchev–Trinajstić information content (AvgIpc) is 3.67. The van der Waals surface area contributed by atoms with Crippen LogP contribution in [0.25, 0.3) is 22.5 Å². The number of pyridine rings is 1. The van der Waals surface area contributed by atoms with Gasteiger partial charge in [-0.3, -0.25) is 9.36 Å². The SMILES string of the molecule is Cn1c(F)cc(-c2ccc(-c3ncc(N(C4CC4)[C@H]4C[C@@H]5CCC[C@](C)(C4)N5)nn3)c(O)c2)cc1=O. The summed E-state index contributed by atoms with van der Waals surface area (Å²) in [5.41, 5.74) is 1.08. The van der Waals surface area contributed by atoms with Gasteiger partial charge < -0.3 is 15.3 Å². The quantitative estimate of drug-likeness (QED) is 0.526. The van der Waals surface area contributed by atoms with E-state index >= 15 is 0 Å². The van der Waals surface area contributed by atoms with Gasteiger partial charge in [0.15, 0.2) is 17.6 Å². The molecule has 2 aliphatic heterocycles. The van der Waals surface area contributed by atoms with Crippen molar-refractivity contribution in [3.63, 3.8) is 0 Å². The Morgan fingerprint density at radius 3 is 2.64 bits per heavy atom. The molecule has 2 saturated heterocycles. The number of anilines is 1. The third-order valence-corrected chi connectivity index (χ3v) is 8.00. The van der Waals surface area contributed by atoms with Crippen LogP contribution < -0.4 is 15.8 Å². The maximum atomic E-state index is 14.0. The Morgan fingerprint density at radius 1 is 1.14 bits per heavy atom. The van der Waals surface area contributed by atoms with Crippen molar-refractivity contribution in [3.05, 3.63) is 52.8 Å². The molecular weight excluding hydrogens is 459 g/mol. The molecular formula is C27H31FN6O2. The van der Waals surface area contributed by atoms with Crippen molar-refractivity contribution in [2.75, 3.05) is 4.90 Å². The first-order valence-electron chi connectivity index (χ1n) is 12.8. The second-order valence-corrected chi connectivity index (χ2v) is 10.9. The summed E-state index contributed by atoms with van der Waals surface area (Å²) < 4.78 is 15.0. The Hall–Kier alpha value is -3.33. The number of aromatic hydroxyl groups is 1. The molecule has 6 rings (SSSR count). The fourth-order valence-electron chi connectivity index (χ4n) is 6.06. The second-order valence-electron chi connectivity index (χ2n) is 10.9. The monoisotopic (exact) mass is 490 g/mol. The minimum Gasteiger partial charge on any atom is -0.507 e. The Bertz CT molecular complexity index is 1360. The van der Waals surface area contributed by atoms with Gasteiger partial charge in [-0.1, -0.05) is 12.5 Å². The second kappa shape index (κ2) is 8.65. The lowest BCUT2D eigenvalue weighted by Crippen LogP contribution is -2.61. The lowest BCUT2D eigenvalue weighted by atomic mass is 9.75. The van der Waals surface area contributed by atoms with Crippen LogP contribution in [0.5, 0.6) is 5.75 Å². The first-order valence-corrected chi connectivity index (χ1v) is 12.8. The lowest BCUT2D eigenvalue weighted by Gasteiger charge is -2.50. The summed E-state index contributed by atoms with van der Waals surface area (Å²) >= 11 is 0. The highest BCUT2D eigenvalue weighted by Crippen LogP contribution is 2.41. The molecule has 1 aromatic carbocycles. The van der Waals surface area contributed by atoms with Crippen molar-refractivity contribution >= 4 is 5.82 Å². The molecule has 3 fully saturated rings. The van der Waals surface area contributed by atoms with Crippen molar-refractivity contribution in [1.29, 1.82) is 0 Å². The topological polar surface area (TPSA) is 96.2 Å². The molecule has 1 aliphatic carbocycles. The van der Waals surface area contributed by atoms with Gasteiger partial charge in [0.05, 0.1) is 11.8 Å². The number of nitrogens with zero attached hydrogens (tertiary/aromatic N) is 5. The number of phenols is 1. The molecule has 3 aliphatic rings. The largest absolute Gasteiger partial charge is 0.507 e. The summed E-state index contributed by atoms with van der Waals surface area (Å²) in [6.45, 7) is 2.34. The third-order valence-electron chi connectivity index (χ3n) is 8.00. The van der Waals surface area contributed by atoms with E-state index in [0.717, 1.165) is 23.2 Å². The molecule has 0 unspecified atom stereocenters. The normalized spacial score (nSPS) is 25.5. The average molecular weight is 491 g/mol. The fourth-order valence-corrected chi connectivity index (χ4v) is 6.06. The number of hydrogen-bond donors (Lipinski definition) is 2. The van der Waals surface area contributed by atoms with E-state index in [2.05, 4.69) is 32.3 Å². The van der Waals surface area contributed by atoms with Crippen LogP contribution in [0.1, 0.15) is 51.9 Å². The number of fused-ring (bicyclic) bond motifs is 2. The van der Waals surface area contributed by atoms with Crippen molar-refractivity contribution < 1.29 is 9.50 Å². The number of phenolic OH excluding ortho intramolecular Hbond substituents is 1. The van der Waals surface area contributed by atoms with E-state index in [0.29, 0.717) is 40.6 Å². The zero-order valence-corrected chi connectivity index (χ0v) is 20.6. The van der Waals surface area contributed by atoms with E-state index in [4.69, 9.17) is 0 Å². The lowest BCUT2D eigenvalue weighted by molar-refractivity contribution is 0.138. The molecule has 2 bridgehead atoms. The Labute approximate surface area is 209 Å². The molecule has 8 nitrogen and oxygen atoms in total. The van der Waals surface area contributed by atoms with E-state index in [1.165, 1.54) is 57.4 Å². The van der Waals surface area contributed by atoms with Gasteiger partial charge in [-0.25, -0.2) is 4.98 Å². The van der Waals surface area contributed by atoms with Crippen molar-refractivity contribution in [3.8, 4) is 28.3 Å². The maximum Gasteiger partial charge on any atom is 0.253 e. The van der Waals surface area contributed by atoms with Gasteiger partial charge in [0.2, 0.25) is 0 Å². The van der Waals surface area contributed by atoms with Crippen LogP contribution in [0, 0.1) is 5.95 Å². The molecule has 4 heterocycles. The molecule has 2 aromatic heterocycles. The minimum atomic E-state index is -0.643. The zero-order valence-electron chi connectivity index (χ0n) is 20.6. The number of benzene rings is 1. The summed E-state index contributed by atoms with van der Waals surface area (Å²) in [6, 6.07) is 8.95. The van der Waals surface area contributed by atoms with Gasteiger partial charge in [-0.2, -0.15) is 4.39 Å². The summed E-state index contributed by atoms with van der Waals surface area (Å²) in [5.74, 6) is 0.418. The van der Waals surface area contributed by atoms with Crippen molar-refractivity contribution in [1.82, 2.24) is 25.1 Å². The predicted octanol–water partition coefficient (Wildman–Crippen LogP) is 3.78. The Morgan fingerprint density at radius 2 is 1.97 bits per heavy atom. The van der Waals surface area contributed by atoms with Crippen LogP contribution in [0.3, 0.4) is 0 Å². The summed E-state index contributed by atoms with van der Waals surface area (Å²) in [7, 11) is 1.37. The van der Waals surface area contributed by atoms with E-state index < -0.39 is 11.5 Å². The molecule has 1 saturated carbocycles. The molecule has 188 valence electrons. The maximum absolute atomic E-state index is 14.0. The van der Waals surface area contributed by atoms with Gasteiger partial charge in [-0.15, -0.1) is 10.2 Å². The highest BCUT2D eigenvalue weighted by molar-refractivity contribution is 5.72. The van der Waals surface area contributed by atoms with E-state index in [1.54, 1.807) is 18.3 Å². The van der Waals surface area contributed by atoms with Crippen molar-refractivity contribution in [2.45, 2.75) is 75.5 Å². The highest BCUT2D eigenvalue weighted by Gasteiger charge is 2.45. The standard InChI is InChI=1S/C27H31FN6O2/c1-27-9-3-4-18(30-27)13-20(14-27)34(19-6-7-19)24-15-29-26(32-31-24)21-8-5-16(10-22(21)35)17-11-23(28)33(2)25(36)12-17/h5,8,10-12,15,18-20,30,35H,3-4,6-7,9,13-14H2,1-2H3/t18-,20-,27+/m0/s1. The van der Waals surface area contributed by atoms with E-state index in [9.17, 15) is 14.3 Å². The van der Waals surface area contributed by atoms with E-state index in [-0.39, 0.29) is 11.3 Å². The van der Waals surface area contributed by atoms with Crippen LogP contribution in [0.15, 0.2) is 41.3 Å². The molecule has 3 aromatic rings. The number of rotatable bonds is 5. The number of hydrogen-bond acceptors (Lipinski definition) is 7. The Balaban J connectivity index is 1.26. The zero-order chi connectivity index (χ0) is 25.0. The number of nitrogens with one attached hydrogen (secondary N) is 1. The summed E-state index contributed by atoms with van der Waals surface area (Å²) in [6.07, 6.45) is 10.0. The molecule has 36 heavy (non-hydrogen) atoms. The van der Waals surface area contributed by atoms with Gasteiger partial charge in [0, 0.05) is 36.8 Å². The first kappa shape index (κ1) is 23.1. The predicted molar refractivity (Wildman–Crippen MR) is 135 cm³/mol. The van der Waals surface area contributed by atoms with Crippen LogP contribution in [0.2, 0.25) is 0 Å². The van der Waals surface area contributed by atoms with E-state index in [1.807, 2.05) is 0 Å². The Kier molecular flexibility index (Phi) is 5.55. The molecule has 9 heteroatoms. The van der Waals surface area contributed by atoms with Crippen LogP contribution in [0.4, 0.5) is 10.2 Å². The minimum absolute atomic E-state index is 0.0544. The third kappa shape index (κ3) is 4.25. The molecule has 0 radical (unpaired) electrons. The summed E-state index contributed by atoms with van der Waals surface area (Å²) in [4.78, 5) is 19.0. The number of halogens is 1. The van der Waals surface area contributed by atoms with Gasteiger partial charge in [-0.05, 0) is 74.8 Å². The smallest absolute Gasteiger partial charge is 0.253 e. The van der Waals surface area contributed by atoms with Crippen LogP contribution >= 0.6 is 0 Å². The number of aromatic nitrogens is 4. The van der Waals surface area contributed by atoms with Crippen LogP contribution in [-0.4, -0.2) is 48.5 Å². The van der Waals surface area contributed by atoms with Gasteiger partial charge in [0.25, 0.3) is 5.56 Å². The molecule has 0 spiro atoms.